The first-order valence-corrected chi connectivity index (χ1v) is 18.5. The number of alkyl halides is 2. The van der Waals surface area contributed by atoms with Crippen molar-refractivity contribution in [2.45, 2.75) is 88.1 Å². The largest absolute Gasteiger partial charge is 0.406 e. The SMILES string of the molecule is CC[Si](CC)(CC)O[C@@]12C[C@H](CI)O[C@@H]1O[C@H](c1ccccc1)[C@@H](c1ccccc1)O[C@H](CI)C2. The lowest BCUT2D eigenvalue weighted by atomic mass is 9.90. The Bertz CT molecular complexity index is 905. The molecule has 2 heterocycles. The molecule has 0 amide bonds. The van der Waals surface area contributed by atoms with Crippen molar-refractivity contribution >= 4 is 53.5 Å². The number of rotatable bonds is 9. The first-order chi connectivity index (χ1) is 17.0. The lowest BCUT2D eigenvalue weighted by Gasteiger charge is -2.47. The standard InChI is InChI=1S/C28H38I2O4Si/c1-4-35(5-2,6-3)34-28-17-23(19-29)31-25(21-13-9-7-10-14-21)26(22-15-11-8-12-16-22)33-27(28)32-24(18-28)20-30/h7-16,23-27H,4-6,17-20H2,1-3H3/t23-,24+,25+,26+,27+,28-/m0/s1. The van der Waals surface area contributed by atoms with E-state index in [0.29, 0.717) is 0 Å². The van der Waals surface area contributed by atoms with Gasteiger partial charge in [0.15, 0.2) is 14.6 Å². The van der Waals surface area contributed by atoms with Crippen LogP contribution < -0.4 is 0 Å². The highest BCUT2D eigenvalue weighted by atomic mass is 127. The summed E-state index contributed by atoms with van der Waals surface area (Å²) in [4.78, 5) is 0. The monoisotopic (exact) mass is 720 g/mol. The van der Waals surface area contributed by atoms with Crippen LogP contribution in [-0.4, -0.2) is 41.3 Å². The fourth-order valence-electron chi connectivity index (χ4n) is 5.58. The summed E-state index contributed by atoms with van der Waals surface area (Å²) in [5.74, 6) is 0. The van der Waals surface area contributed by atoms with E-state index >= 15 is 0 Å². The lowest BCUT2D eigenvalue weighted by Crippen LogP contribution is -2.55. The smallest absolute Gasteiger partial charge is 0.193 e. The molecular weight excluding hydrogens is 682 g/mol. The van der Waals surface area contributed by atoms with Gasteiger partial charge in [-0.25, -0.2) is 0 Å². The molecule has 0 aliphatic carbocycles. The van der Waals surface area contributed by atoms with E-state index in [1.165, 1.54) is 0 Å². The van der Waals surface area contributed by atoms with E-state index in [0.717, 1.165) is 51.0 Å². The third kappa shape index (κ3) is 6.17. The van der Waals surface area contributed by atoms with Gasteiger partial charge in [0.25, 0.3) is 0 Å². The average molecular weight is 721 g/mol. The van der Waals surface area contributed by atoms with Gasteiger partial charge in [0, 0.05) is 21.7 Å². The molecule has 4 nitrogen and oxygen atoms in total. The van der Waals surface area contributed by atoms with E-state index in [4.69, 9.17) is 18.6 Å². The molecule has 0 aromatic heterocycles. The van der Waals surface area contributed by atoms with Crippen LogP contribution in [0.3, 0.4) is 0 Å². The van der Waals surface area contributed by atoms with Crippen molar-refractivity contribution < 1.29 is 18.6 Å². The maximum atomic E-state index is 7.37. The van der Waals surface area contributed by atoms with Crippen LogP contribution in [0.15, 0.2) is 60.7 Å². The molecule has 0 unspecified atom stereocenters. The van der Waals surface area contributed by atoms with Crippen LogP contribution in [0.1, 0.15) is 56.9 Å². The Labute approximate surface area is 239 Å². The molecule has 6 atom stereocenters. The van der Waals surface area contributed by atoms with Gasteiger partial charge in [-0.3, -0.25) is 0 Å². The molecule has 0 N–H and O–H groups in total. The molecule has 2 aromatic carbocycles. The third-order valence-corrected chi connectivity index (χ3v) is 14.4. The zero-order chi connectivity index (χ0) is 24.9. The minimum absolute atomic E-state index is 0.0484. The number of benzene rings is 2. The van der Waals surface area contributed by atoms with Crippen LogP contribution in [-0.2, 0) is 18.6 Å². The van der Waals surface area contributed by atoms with E-state index in [-0.39, 0.29) is 24.4 Å². The van der Waals surface area contributed by atoms with Crippen molar-refractivity contribution in [3.8, 4) is 0 Å². The van der Waals surface area contributed by atoms with Gasteiger partial charge in [-0.15, -0.1) is 0 Å². The second-order valence-corrected chi connectivity index (χ2v) is 16.2. The predicted octanol–water partition coefficient (Wildman–Crippen LogP) is 8.02. The Morgan fingerprint density at radius 2 is 1.20 bits per heavy atom. The van der Waals surface area contributed by atoms with Gasteiger partial charge in [0.2, 0.25) is 0 Å². The Morgan fingerprint density at radius 3 is 1.66 bits per heavy atom. The Balaban J connectivity index is 1.80. The maximum Gasteiger partial charge on any atom is 0.193 e. The zero-order valence-electron chi connectivity index (χ0n) is 21.0. The van der Waals surface area contributed by atoms with Crippen LogP contribution >= 0.6 is 45.2 Å². The second kappa shape index (κ2) is 12.7. The fraction of sp³-hybridized carbons (Fsp3) is 0.571. The molecule has 0 spiro atoms. The van der Waals surface area contributed by atoms with Crippen LogP contribution in [0.2, 0.25) is 18.1 Å². The second-order valence-electron chi connectivity index (χ2n) is 9.77. The molecule has 4 rings (SSSR count). The zero-order valence-corrected chi connectivity index (χ0v) is 26.3. The van der Waals surface area contributed by atoms with Gasteiger partial charge in [0.05, 0.1) is 12.2 Å². The van der Waals surface area contributed by atoms with Crippen molar-refractivity contribution in [3.63, 3.8) is 0 Å². The first kappa shape index (κ1) is 28.0. The number of halogens is 2. The summed E-state index contributed by atoms with van der Waals surface area (Å²) in [5.41, 5.74) is 1.76. The molecule has 0 bridgehead atoms. The fourth-order valence-corrected chi connectivity index (χ4v) is 9.68. The third-order valence-electron chi connectivity index (χ3n) is 7.73. The number of fused-ring (bicyclic) bond motifs is 1. The topological polar surface area (TPSA) is 36.9 Å². The van der Waals surface area contributed by atoms with E-state index in [9.17, 15) is 0 Å². The van der Waals surface area contributed by atoms with Crippen LogP contribution in [0, 0.1) is 0 Å². The van der Waals surface area contributed by atoms with Crippen molar-refractivity contribution in [2.75, 3.05) is 8.86 Å². The Hall–Kier alpha value is -0.0431. The minimum Gasteiger partial charge on any atom is -0.406 e. The molecule has 2 aliphatic rings. The van der Waals surface area contributed by atoms with Gasteiger partial charge >= 0.3 is 0 Å². The lowest BCUT2D eigenvalue weighted by molar-refractivity contribution is -0.265. The Morgan fingerprint density at radius 1 is 0.743 bits per heavy atom. The molecule has 2 saturated heterocycles. The van der Waals surface area contributed by atoms with Crippen LogP contribution in [0.5, 0.6) is 0 Å². The molecule has 0 saturated carbocycles. The number of ether oxygens (including phenoxy) is 3. The van der Waals surface area contributed by atoms with Crippen molar-refractivity contribution in [1.82, 2.24) is 0 Å². The van der Waals surface area contributed by atoms with Gasteiger partial charge in [0.1, 0.15) is 17.8 Å². The number of hydrogen-bond acceptors (Lipinski definition) is 4. The summed E-state index contributed by atoms with van der Waals surface area (Å²) in [6, 6.07) is 24.3. The van der Waals surface area contributed by atoms with Crippen molar-refractivity contribution in [2.24, 2.45) is 0 Å². The molecule has 7 heteroatoms. The van der Waals surface area contributed by atoms with E-state index < -0.39 is 20.2 Å². The van der Waals surface area contributed by atoms with Crippen LogP contribution in [0.4, 0.5) is 0 Å². The molecule has 2 aliphatic heterocycles. The van der Waals surface area contributed by atoms with E-state index in [1.807, 2.05) is 6.07 Å². The van der Waals surface area contributed by atoms with Crippen molar-refractivity contribution in [3.05, 3.63) is 71.8 Å². The molecule has 2 fully saturated rings. The summed E-state index contributed by atoms with van der Waals surface area (Å²) >= 11 is 4.92. The first-order valence-electron chi connectivity index (χ1n) is 12.9. The van der Waals surface area contributed by atoms with Gasteiger partial charge in [-0.1, -0.05) is 127 Å². The summed E-state index contributed by atoms with van der Waals surface area (Å²) in [5, 5.41) is 0. The van der Waals surface area contributed by atoms with Crippen molar-refractivity contribution in [1.29, 1.82) is 0 Å². The molecule has 2 aromatic rings. The number of hydrogen-bond donors (Lipinski definition) is 0. The minimum atomic E-state index is -1.93. The summed E-state index contributed by atoms with van der Waals surface area (Å²) in [7, 11) is -1.93. The normalized spacial score (nSPS) is 31.5. The maximum absolute atomic E-state index is 7.37. The Kier molecular flexibility index (Phi) is 10.1. The molecule has 0 radical (unpaired) electrons. The van der Waals surface area contributed by atoms with Gasteiger partial charge in [-0.05, 0) is 29.3 Å². The highest BCUT2D eigenvalue weighted by molar-refractivity contribution is 14.1. The molecule has 35 heavy (non-hydrogen) atoms. The predicted molar refractivity (Wildman–Crippen MR) is 161 cm³/mol. The summed E-state index contributed by atoms with van der Waals surface area (Å²) < 4.78 is 29.8. The van der Waals surface area contributed by atoms with E-state index in [2.05, 4.69) is 121 Å². The molecular formula is C28H38I2O4Si. The summed E-state index contributed by atoms with van der Waals surface area (Å²) in [6.07, 6.45) is 0.918. The van der Waals surface area contributed by atoms with Gasteiger partial charge in [-0.2, -0.15) is 0 Å². The van der Waals surface area contributed by atoms with E-state index in [1.54, 1.807) is 0 Å². The van der Waals surface area contributed by atoms with Crippen LogP contribution in [0.25, 0.3) is 0 Å². The molecule has 192 valence electrons. The highest BCUT2D eigenvalue weighted by Gasteiger charge is 2.57. The quantitative estimate of drug-likeness (QED) is 0.150. The average Bonchev–Trinajstić information content (AvgIpc) is 3.24. The van der Waals surface area contributed by atoms with Gasteiger partial charge < -0.3 is 18.6 Å². The highest BCUT2D eigenvalue weighted by Crippen LogP contribution is 2.50. The summed E-state index contributed by atoms with van der Waals surface area (Å²) in [6.45, 7) is 6.89.